The lowest BCUT2D eigenvalue weighted by Gasteiger charge is -2.41. The summed E-state index contributed by atoms with van der Waals surface area (Å²) in [7, 11) is 1.39. The minimum atomic E-state index is -1.10. The summed E-state index contributed by atoms with van der Waals surface area (Å²) in [5.74, 6) is 0. The molecule has 1 N–H and O–H groups in total. The van der Waals surface area contributed by atoms with E-state index >= 15 is 0 Å². The van der Waals surface area contributed by atoms with Crippen molar-refractivity contribution in [3.63, 3.8) is 0 Å². The van der Waals surface area contributed by atoms with Gasteiger partial charge in [0.1, 0.15) is 11.7 Å². The summed E-state index contributed by atoms with van der Waals surface area (Å²) in [4.78, 5) is 14.2. The maximum Gasteiger partial charge on any atom is 0.410 e. The van der Waals surface area contributed by atoms with Crippen LogP contribution >= 0.6 is 11.6 Å². The number of benzene rings is 1. The van der Waals surface area contributed by atoms with Crippen molar-refractivity contribution in [3.05, 3.63) is 34.9 Å². The number of methoxy groups -OCH3 is 1. The molecule has 7 heteroatoms. The molecule has 6 nitrogen and oxygen atoms in total. The zero-order valence-electron chi connectivity index (χ0n) is 15.1. The molecule has 2 rings (SSSR count). The number of nitrogens with zero attached hydrogens (tertiary/aromatic N) is 1. The van der Waals surface area contributed by atoms with E-state index in [-0.39, 0.29) is 19.2 Å². The summed E-state index contributed by atoms with van der Waals surface area (Å²) in [6, 6.07) is 7.28. The lowest BCUT2D eigenvalue weighted by molar-refractivity contribution is -0.191. The average Bonchev–Trinajstić information content (AvgIpc) is 2.55. The average molecular weight is 372 g/mol. The number of carbonyl (C=O) groups is 1. The third-order valence-corrected chi connectivity index (χ3v) is 4.14. The van der Waals surface area contributed by atoms with Gasteiger partial charge in [0.15, 0.2) is 6.29 Å². The van der Waals surface area contributed by atoms with Crippen molar-refractivity contribution in [1.82, 2.24) is 4.90 Å². The number of rotatable bonds is 4. The summed E-state index contributed by atoms with van der Waals surface area (Å²) in [5.41, 5.74) is 0.438. The van der Waals surface area contributed by atoms with Crippen LogP contribution in [0.4, 0.5) is 4.79 Å². The summed E-state index contributed by atoms with van der Waals surface area (Å²) in [6.07, 6.45) is -1.53. The normalized spacial score (nSPS) is 22.6. The zero-order valence-corrected chi connectivity index (χ0v) is 15.8. The van der Waals surface area contributed by atoms with Gasteiger partial charge in [0.25, 0.3) is 0 Å². The Morgan fingerprint density at radius 3 is 2.60 bits per heavy atom. The number of carbonyl (C=O) groups excluding carboxylic acids is 1. The minimum absolute atomic E-state index is 0.197. The van der Waals surface area contributed by atoms with E-state index in [9.17, 15) is 9.90 Å². The highest BCUT2D eigenvalue weighted by molar-refractivity contribution is 6.30. The van der Waals surface area contributed by atoms with Crippen LogP contribution in [-0.4, -0.2) is 60.4 Å². The van der Waals surface area contributed by atoms with E-state index in [4.69, 9.17) is 25.8 Å². The maximum atomic E-state index is 12.6. The first-order valence-electron chi connectivity index (χ1n) is 8.26. The molecule has 1 fully saturated rings. The molecule has 1 aromatic carbocycles. The molecule has 1 heterocycles. The second-order valence-corrected chi connectivity index (χ2v) is 7.55. The topological polar surface area (TPSA) is 68.2 Å². The van der Waals surface area contributed by atoms with Crippen molar-refractivity contribution in [1.29, 1.82) is 0 Å². The van der Waals surface area contributed by atoms with Crippen molar-refractivity contribution >= 4 is 17.7 Å². The maximum absolute atomic E-state index is 12.6. The van der Waals surface area contributed by atoms with E-state index in [1.165, 1.54) is 7.11 Å². The Hall–Kier alpha value is -1.34. The number of aliphatic hydroxyl groups is 1. The van der Waals surface area contributed by atoms with Gasteiger partial charge >= 0.3 is 6.09 Å². The summed E-state index contributed by atoms with van der Waals surface area (Å²) in [6.45, 7) is 5.94. The van der Waals surface area contributed by atoms with Crippen LogP contribution in [0.15, 0.2) is 24.3 Å². The molecule has 0 bridgehead atoms. The van der Waals surface area contributed by atoms with Gasteiger partial charge in [0.2, 0.25) is 0 Å². The predicted molar refractivity (Wildman–Crippen MR) is 94.6 cm³/mol. The van der Waals surface area contributed by atoms with Gasteiger partial charge in [-0.05, 0) is 44.9 Å². The number of hydrogen-bond donors (Lipinski definition) is 1. The molecule has 1 amide bonds. The number of amides is 1. The molecule has 0 aliphatic carbocycles. The summed E-state index contributed by atoms with van der Waals surface area (Å²) >= 11 is 5.93. The molecule has 1 aliphatic heterocycles. The Kier molecular flexibility index (Phi) is 6.68. The lowest BCUT2D eigenvalue weighted by Crippen LogP contribution is -2.57. The summed E-state index contributed by atoms with van der Waals surface area (Å²) in [5, 5.41) is 10.5. The Morgan fingerprint density at radius 1 is 1.40 bits per heavy atom. The number of ether oxygens (including phenoxy) is 3. The minimum Gasteiger partial charge on any atom is -0.444 e. The first-order valence-corrected chi connectivity index (χ1v) is 8.64. The Balaban J connectivity index is 2.14. The van der Waals surface area contributed by atoms with E-state index < -0.39 is 24.1 Å². The quantitative estimate of drug-likeness (QED) is 0.824. The molecular formula is C18H26ClNO5. The van der Waals surface area contributed by atoms with Gasteiger partial charge in [-0.1, -0.05) is 23.7 Å². The number of hydrogen-bond acceptors (Lipinski definition) is 5. The molecule has 0 spiro atoms. The highest BCUT2D eigenvalue weighted by atomic mass is 35.5. The molecule has 0 radical (unpaired) electrons. The van der Waals surface area contributed by atoms with Gasteiger partial charge in [-0.15, -0.1) is 0 Å². The Morgan fingerprint density at radius 2 is 2.04 bits per heavy atom. The van der Waals surface area contributed by atoms with E-state index in [0.717, 1.165) is 5.56 Å². The van der Waals surface area contributed by atoms with Crippen LogP contribution in [0, 0.1) is 0 Å². The smallest absolute Gasteiger partial charge is 0.410 e. The first kappa shape index (κ1) is 20.0. The monoisotopic (exact) mass is 371 g/mol. The van der Waals surface area contributed by atoms with Gasteiger partial charge < -0.3 is 19.3 Å². The Labute approximate surface area is 153 Å². The first-order chi connectivity index (χ1) is 11.7. The highest BCUT2D eigenvalue weighted by Crippen LogP contribution is 2.22. The van der Waals surface area contributed by atoms with Crippen LogP contribution in [0.2, 0.25) is 5.02 Å². The molecular weight excluding hydrogens is 346 g/mol. The van der Waals surface area contributed by atoms with Gasteiger partial charge in [-0.3, -0.25) is 4.90 Å². The van der Waals surface area contributed by atoms with Crippen LogP contribution in [0.3, 0.4) is 0 Å². The second-order valence-electron chi connectivity index (χ2n) is 7.12. The lowest BCUT2D eigenvalue weighted by atomic mass is 10.0. The third kappa shape index (κ3) is 5.85. The largest absolute Gasteiger partial charge is 0.444 e. The summed E-state index contributed by atoms with van der Waals surface area (Å²) < 4.78 is 16.1. The molecule has 3 unspecified atom stereocenters. The van der Waals surface area contributed by atoms with E-state index in [1.807, 2.05) is 45.0 Å². The molecule has 140 valence electrons. The molecule has 1 aromatic rings. The van der Waals surface area contributed by atoms with Crippen LogP contribution in [0.25, 0.3) is 0 Å². The fourth-order valence-electron chi connectivity index (χ4n) is 2.65. The van der Waals surface area contributed by atoms with Crippen molar-refractivity contribution in [2.75, 3.05) is 20.3 Å². The Bertz CT molecular complexity index is 572. The van der Waals surface area contributed by atoms with Gasteiger partial charge in [-0.2, -0.15) is 0 Å². The molecule has 0 aromatic heterocycles. The van der Waals surface area contributed by atoms with Crippen LogP contribution < -0.4 is 0 Å². The highest BCUT2D eigenvalue weighted by Gasteiger charge is 2.37. The van der Waals surface area contributed by atoms with Crippen LogP contribution in [0.1, 0.15) is 26.3 Å². The van der Waals surface area contributed by atoms with E-state index in [2.05, 4.69) is 0 Å². The van der Waals surface area contributed by atoms with Crippen molar-refractivity contribution in [3.8, 4) is 0 Å². The molecule has 1 aliphatic rings. The van der Waals surface area contributed by atoms with Crippen molar-refractivity contribution < 1.29 is 24.1 Å². The second kappa shape index (κ2) is 8.36. The van der Waals surface area contributed by atoms with Gasteiger partial charge in [-0.25, -0.2) is 4.79 Å². The third-order valence-electron chi connectivity index (χ3n) is 3.89. The van der Waals surface area contributed by atoms with E-state index in [0.29, 0.717) is 11.4 Å². The standard InChI is InChI=1S/C18H26ClNO5/c1-18(2,3)25-17(22)20-10-15(16(21)23-4)24-11-14(20)9-12-5-7-13(19)8-6-12/h5-8,14-16,21H,9-11H2,1-4H3. The number of halogens is 1. The zero-order chi connectivity index (χ0) is 18.6. The molecule has 3 atom stereocenters. The van der Waals surface area contributed by atoms with Gasteiger partial charge in [0, 0.05) is 12.1 Å². The number of aliphatic hydroxyl groups excluding tert-OH is 1. The SMILES string of the molecule is COC(O)C1CN(C(=O)OC(C)(C)C)C(Cc2ccc(Cl)cc2)CO1. The fraction of sp³-hybridized carbons (Fsp3) is 0.611. The van der Waals surface area contributed by atoms with Crippen LogP contribution in [-0.2, 0) is 20.6 Å². The molecule has 25 heavy (non-hydrogen) atoms. The fourth-order valence-corrected chi connectivity index (χ4v) is 2.78. The molecule has 1 saturated heterocycles. The van der Waals surface area contributed by atoms with Gasteiger partial charge in [0.05, 0.1) is 19.2 Å². The molecule has 0 saturated carbocycles. The van der Waals surface area contributed by atoms with Crippen molar-refractivity contribution in [2.24, 2.45) is 0 Å². The van der Waals surface area contributed by atoms with E-state index in [1.54, 1.807) is 4.90 Å². The predicted octanol–water partition coefficient (Wildman–Crippen LogP) is 2.85. The number of morpholine rings is 1. The van der Waals surface area contributed by atoms with Crippen molar-refractivity contribution in [2.45, 2.75) is 51.2 Å². The van der Waals surface area contributed by atoms with Crippen LogP contribution in [0.5, 0.6) is 0 Å².